The van der Waals surface area contributed by atoms with E-state index in [0.717, 1.165) is 65.5 Å². The Morgan fingerprint density at radius 3 is 2.44 bits per heavy atom. The summed E-state index contributed by atoms with van der Waals surface area (Å²) in [5.74, 6) is 0.981. The fourth-order valence-electron chi connectivity index (χ4n) is 3.35. The van der Waals surface area contributed by atoms with Crippen molar-refractivity contribution in [2.45, 2.75) is 0 Å². The summed E-state index contributed by atoms with van der Waals surface area (Å²) in [6.07, 6.45) is 9.04. The molecule has 1 saturated heterocycles. The van der Waals surface area contributed by atoms with Crippen LogP contribution < -0.4 is 4.90 Å². The molecule has 0 spiro atoms. The molecule has 0 unspecified atom stereocenters. The lowest BCUT2D eigenvalue weighted by molar-refractivity contribution is 0.122. The SMILES string of the molecule is c1cc(-c2coc3cc(-c4ccc(N5CCOCC5)nc4)cnc23)ccn1. The maximum atomic E-state index is 5.76. The Hall–Kier alpha value is -3.25. The molecule has 1 fully saturated rings. The van der Waals surface area contributed by atoms with Gasteiger partial charge in [0.1, 0.15) is 17.6 Å². The molecule has 0 bridgehead atoms. The number of nitrogens with zero attached hydrogens (tertiary/aromatic N) is 4. The summed E-state index contributed by atoms with van der Waals surface area (Å²) < 4.78 is 11.2. The first-order chi connectivity index (χ1) is 13.4. The van der Waals surface area contributed by atoms with Crippen LogP contribution in [0.3, 0.4) is 0 Å². The normalized spacial score (nSPS) is 14.6. The van der Waals surface area contributed by atoms with E-state index in [2.05, 4.69) is 32.0 Å². The second-order valence-electron chi connectivity index (χ2n) is 6.46. The van der Waals surface area contributed by atoms with E-state index in [1.54, 1.807) is 18.7 Å². The molecular weight excluding hydrogens is 340 g/mol. The van der Waals surface area contributed by atoms with Gasteiger partial charge in [-0.15, -0.1) is 0 Å². The Bertz CT molecular complexity index is 1050. The third-order valence-corrected chi connectivity index (χ3v) is 4.82. The third kappa shape index (κ3) is 3.04. The van der Waals surface area contributed by atoms with Gasteiger partial charge in [0, 0.05) is 54.6 Å². The maximum absolute atomic E-state index is 5.76. The first kappa shape index (κ1) is 16.0. The molecular formula is C21H18N4O2. The summed E-state index contributed by atoms with van der Waals surface area (Å²) >= 11 is 0. The van der Waals surface area contributed by atoms with Crippen LogP contribution in [0.2, 0.25) is 0 Å². The molecule has 4 aromatic rings. The van der Waals surface area contributed by atoms with Crippen molar-refractivity contribution in [3.8, 4) is 22.3 Å². The monoisotopic (exact) mass is 358 g/mol. The molecule has 0 aliphatic carbocycles. The fourth-order valence-corrected chi connectivity index (χ4v) is 3.35. The molecule has 0 amide bonds. The first-order valence-corrected chi connectivity index (χ1v) is 8.95. The van der Waals surface area contributed by atoms with Crippen molar-refractivity contribution in [3.05, 3.63) is 61.4 Å². The zero-order valence-corrected chi connectivity index (χ0v) is 14.7. The lowest BCUT2D eigenvalue weighted by atomic mass is 10.1. The summed E-state index contributed by atoms with van der Waals surface area (Å²) in [5.41, 5.74) is 5.63. The number of fused-ring (bicyclic) bond motifs is 1. The van der Waals surface area contributed by atoms with Gasteiger partial charge in [-0.1, -0.05) is 0 Å². The first-order valence-electron chi connectivity index (χ1n) is 8.95. The number of ether oxygens (including phenoxy) is 1. The highest BCUT2D eigenvalue weighted by atomic mass is 16.5. The Morgan fingerprint density at radius 2 is 1.67 bits per heavy atom. The molecule has 134 valence electrons. The summed E-state index contributed by atoms with van der Waals surface area (Å²) in [6.45, 7) is 3.26. The predicted molar refractivity (Wildman–Crippen MR) is 104 cm³/mol. The van der Waals surface area contributed by atoms with Gasteiger partial charge in [-0.2, -0.15) is 0 Å². The summed E-state index contributed by atoms with van der Waals surface area (Å²) in [6, 6.07) is 10.0. The molecule has 4 aromatic heterocycles. The molecule has 5 rings (SSSR count). The Balaban J connectivity index is 1.45. The van der Waals surface area contributed by atoms with E-state index < -0.39 is 0 Å². The van der Waals surface area contributed by atoms with Crippen molar-refractivity contribution < 1.29 is 9.15 Å². The Morgan fingerprint density at radius 1 is 0.852 bits per heavy atom. The van der Waals surface area contributed by atoms with E-state index in [1.807, 2.05) is 30.6 Å². The van der Waals surface area contributed by atoms with Crippen molar-refractivity contribution in [1.82, 2.24) is 15.0 Å². The van der Waals surface area contributed by atoms with Crippen LogP contribution in [0.1, 0.15) is 0 Å². The van der Waals surface area contributed by atoms with Crippen molar-refractivity contribution in [2.75, 3.05) is 31.2 Å². The number of hydrogen-bond donors (Lipinski definition) is 0. The Kier molecular flexibility index (Phi) is 4.03. The van der Waals surface area contributed by atoms with E-state index in [9.17, 15) is 0 Å². The average Bonchev–Trinajstić information content (AvgIpc) is 3.18. The van der Waals surface area contributed by atoms with Gasteiger partial charge in [-0.05, 0) is 35.9 Å². The van der Waals surface area contributed by atoms with Crippen LogP contribution in [0.15, 0.2) is 65.8 Å². The minimum Gasteiger partial charge on any atom is -0.462 e. The van der Waals surface area contributed by atoms with Gasteiger partial charge in [-0.3, -0.25) is 9.97 Å². The van der Waals surface area contributed by atoms with Gasteiger partial charge in [0.15, 0.2) is 5.58 Å². The summed E-state index contributed by atoms with van der Waals surface area (Å²) in [7, 11) is 0. The van der Waals surface area contributed by atoms with Gasteiger partial charge < -0.3 is 14.1 Å². The highest BCUT2D eigenvalue weighted by molar-refractivity contribution is 5.92. The highest BCUT2D eigenvalue weighted by Gasteiger charge is 2.14. The number of rotatable bonds is 3. The molecule has 5 heterocycles. The van der Waals surface area contributed by atoms with Crippen LogP contribution in [0, 0.1) is 0 Å². The van der Waals surface area contributed by atoms with Gasteiger partial charge in [-0.25, -0.2) is 4.98 Å². The van der Waals surface area contributed by atoms with Crippen LogP contribution >= 0.6 is 0 Å². The molecule has 0 atom stereocenters. The highest BCUT2D eigenvalue weighted by Crippen LogP contribution is 2.31. The van der Waals surface area contributed by atoms with Gasteiger partial charge in [0.25, 0.3) is 0 Å². The molecule has 6 heteroatoms. The molecule has 0 aromatic carbocycles. The predicted octanol–water partition coefficient (Wildman–Crippen LogP) is 3.79. The van der Waals surface area contributed by atoms with Crippen molar-refractivity contribution in [2.24, 2.45) is 0 Å². The second-order valence-corrected chi connectivity index (χ2v) is 6.46. The average molecular weight is 358 g/mol. The van der Waals surface area contributed by atoms with E-state index in [0.29, 0.717) is 0 Å². The van der Waals surface area contributed by atoms with Crippen molar-refractivity contribution >= 4 is 16.9 Å². The number of morpholine rings is 1. The zero-order valence-electron chi connectivity index (χ0n) is 14.7. The molecule has 0 N–H and O–H groups in total. The Labute approximate surface area is 156 Å². The molecule has 6 nitrogen and oxygen atoms in total. The lowest BCUT2D eigenvalue weighted by Crippen LogP contribution is -2.36. The fraction of sp³-hybridized carbons (Fsp3) is 0.190. The lowest BCUT2D eigenvalue weighted by Gasteiger charge is -2.27. The number of aromatic nitrogens is 3. The minimum atomic E-state index is 0.752. The second kappa shape index (κ2) is 6.81. The van der Waals surface area contributed by atoms with Crippen molar-refractivity contribution in [3.63, 3.8) is 0 Å². The standard InChI is InChI=1S/C21H18N4O2/c1-2-20(25-7-9-26-10-8-25)23-12-16(1)17-11-19-21(24-13-17)18(14-27-19)15-3-5-22-6-4-15/h1-6,11-14H,7-10H2. The summed E-state index contributed by atoms with van der Waals surface area (Å²) in [5, 5.41) is 0. The smallest absolute Gasteiger partial charge is 0.153 e. The quantitative estimate of drug-likeness (QED) is 0.555. The van der Waals surface area contributed by atoms with E-state index in [4.69, 9.17) is 9.15 Å². The van der Waals surface area contributed by atoms with E-state index in [-0.39, 0.29) is 0 Å². The molecule has 0 saturated carbocycles. The molecule has 1 aliphatic heterocycles. The van der Waals surface area contributed by atoms with Crippen LogP contribution in [-0.2, 0) is 4.74 Å². The maximum Gasteiger partial charge on any atom is 0.153 e. The molecule has 27 heavy (non-hydrogen) atoms. The third-order valence-electron chi connectivity index (χ3n) is 4.82. The van der Waals surface area contributed by atoms with Crippen LogP contribution in [0.5, 0.6) is 0 Å². The minimum absolute atomic E-state index is 0.752. The number of pyridine rings is 3. The van der Waals surface area contributed by atoms with Crippen molar-refractivity contribution in [1.29, 1.82) is 0 Å². The molecule has 1 aliphatic rings. The number of furan rings is 1. The van der Waals surface area contributed by atoms with Crippen LogP contribution in [-0.4, -0.2) is 41.3 Å². The number of anilines is 1. The number of hydrogen-bond acceptors (Lipinski definition) is 6. The largest absolute Gasteiger partial charge is 0.462 e. The van der Waals surface area contributed by atoms with Crippen LogP contribution in [0.25, 0.3) is 33.4 Å². The van der Waals surface area contributed by atoms with Gasteiger partial charge in [0.05, 0.1) is 13.2 Å². The van der Waals surface area contributed by atoms with E-state index >= 15 is 0 Å². The van der Waals surface area contributed by atoms with Gasteiger partial charge in [0.2, 0.25) is 0 Å². The zero-order chi connectivity index (χ0) is 18.1. The topological polar surface area (TPSA) is 64.3 Å². The van der Waals surface area contributed by atoms with E-state index in [1.165, 1.54) is 0 Å². The van der Waals surface area contributed by atoms with Gasteiger partial charge >= 0.3 is 0 Å². The summed E-state index contributed by atoms with van der Waals surface area (Å²) in [4.78, 5) is 15.6. The van der Waals surface area contributed by atoms with Crippen LogP contribution in [0.4, 0.5) is 5.82 Å². The molecule has 0 radical (unpaired) electrons.